The van der Waals surface area contributed by atoms with Gasteiger partial charge in [-0.15, -0.1) is 0 Å². The zero-order chi connectivity index (χ0) is 15.8. The van der Waals surface area contributed by atoms with Crippen molar-refractivity contribution in [3.8, 4) is 0 Å². The van der Waals surface area contributed by atoms with Gasteiger partial charge in [0.1, 0.15) is 0 Å². The summed E-state index contributed by atoms with van der Waals surface area (Å²) in [5, 5.41) is 0. The summed E-state index contributed by atoms with van der Waals surface area (Å²) < 4.78 is 4.90. The third kappa shape index (κ3) is 5.95. The van der Waals surface area contributed by atoms with Crippen LogP contribution >= 0.6 is 0 Å². The number of primary amides is 1. The van der Waals surface area contributed by atoms with E-state index in [1.807, 2.05) is 35.2 Å². The predicted molar refractivity (Wildman–Crippen MR) is 81.7 cm³/mol. The van der Waals surface area contributed by atoms with E-state index in [0.29, 0.717) is 19.0 Å². The van der Waals surface area contributed by atoms with Gasteiger partial charge in [0, 0.05) is 13.1 Å². The Morgan fingerprint density at radius 2 is 1.81 bits per heavy atom. The maximum Gasteiger partial charge on any atom is 0.314 e. The molecule has 0 aliphatic carbocycles. The molecule has 5 heteroatoms. The Kier molecular flexibility index (Phi) is 6.88. The van der Waals surface area contributed by atoms with Crippen molar-refractivity contribution >= 4 is 11.9 Å². The molecule has 2 N–H and O–H groups in total. The van der Waals surface area contributed by atoms with E-state index in [2.05, 4.69) is 13.8 Å². The molecular weight excluding hydrogens is 268 g/mol. The summed E-state index contributed by atoms with van der Waals surface area (Å²) >= 11 is 0. The minimum Gasteiger partial charge on any atom is -0.469 e. The Hall–Kier alpha value is -1.88. The van der Waals surface area contributed by atoms with Crippen LogP contribution in [0.5, 0.6) is 0 Å². The van der Waals surface area contributed by atoms with Crippen LogP contribution in [-0.2, 0) is 14.3 Å². The lowest BCUT2D eigenvalue weighted by Gasteiger charge is -2.26. The van der Waals surface area contributed by atoms with Gasteiger partial charge in [-0.3, -0.25) is 14.5 Å². The molecule has 0 saturated heterocycles. The topological polar surface area (TPSA) is 72.6 Å². The maximum atomic E-state index is 12.1. The lowest BCUT2D eigenvalue weighted by Crippen LogP contribution is -2.40. The highest BCUT2D eigenvalue weighted by Gasteiger charge is 2.25. The van der Waals surface area contributed by atoms with Gasteiger partial charge >= 0.3 is 5.97 Å². The minimum atomic E-state index is -0.422. The van der Waals surface area contributed by atoms with Crippen molar-refractivity contribution in [2.45, 2.75) is 19.8 Å². The Morgan fingerprint density at radius 3 is 2.29 bits per heavy atom. The molecule has 0 radical (unpaired) electrons. The van der Waals surface area contributed by atoms with Crippen LogP contribution in [0.25, 0.3) is 0 Å². The Bertz CT molecular complexity index is 460. The van der Waals surface area contributed by atoms with E-state index in [-0.39, 0.29) is 12.5 Å². The molecule has 0 heterocycles. The number of methoxy groups -OCH3 is 1. The van der Waals surface area contributed by atoms with Crippen LogP contribution in [0.2, 0.25) is 0 Å². The Morgan fingerprint density at radius 1 is 1.19 bits per heavy atom. The molecule has 0 aliphatic heterocycles. The van der Waals surface area contributed by atoms with Crippen molar-refractivity contribution in [2.24, 2.45) is 11.7 Å². The zero-order valence-electron chi connectivity index (χ0n) is 12.9. The molecule has 1 aromatic rings. The summed E-state index contributed by atoms with van der Waals surface area (Å²) in [6.45, 7) is 5.37. The first-order valence-electron chi connectivity index (χ1n) is 7.07. The van der Waals surface area contributed by atoms with Gasteiger partial charge in [-0.05, 0) is 11.5 Å². The smallest absolute Gasteiger partial charge is 0.314 e. The third-order valence-electron chi connectivity index (χ3n) is 3.13. The summed E-state index contributed by atoms with van der Waals surface area (Å²) in [5.41, 5.74) is 6.17. The minimum absolute atomic E-state index is 0.137. The number of esters is 1. The highest BCUT2D eigenvalue weighted by atomic mass is 16.5. The monoisotopic (exact) mass is 292 g/mol. The first-order chi connectivity index (χ1) is 9.93. The molecule has 1 unspecified atom stereocenters. The van der Waals surface area contributed by atoms with E-state index >= 15 is 0 Å². The molecule has 1 amide bonds. The van der Waals surface area contributed by atoms with E-state index in [1.165, 1.54) is 7.11 Å². The molecule has 0 saturated carbocycles. The van der Waals surface area contributed by atoms with Gasteiger partial charge in [-0.2, -0.15) is 0 Å². The van der Waals surface area contributed by atoms with E-state index in [9.17, 15) is 9.59 Å². The summed E-state index contributed by atoms with van der Waals surface area (Å²) in [6.07, 6.45) is 0. The van der Waals surface area contributed by atoms with Gasteiger partial charge in [-0.25, -0.2) is 0 Å². The molecule has 1 atom stereocenters. The quantitative estimate of drug-likeness (QED) is 0.735. The van der Waals surface area contributed by atoms with Crippen LogP contribution in [0, 0.1) is 5.92 Å². The number of amides is 1. The van der Waals surface area contributed by atoms with Crippen LogP contribution in [0.15, 0.2) is 30.3 Å². The second kappa shape index (κ2) is 8.42. The van der Waals surface area contributed by atoms with Gasteiger partial charge in [0.05, 0.1) is 19.6 Å². The van der Waals surface area contributed by atoms with Crippen molar-refractivity contribution < 1.29 is 14.3 Å². The van der Waals surface area contributed by atoms with Crippen molar-refractivity contribution in [1.29, 1.82) is 0 Å². The zero-order valence-corrected chi connectivity index (χ0v) is 12.9. The summed E-state index contributed by atoms with van der Waals surface area (Å²) in [6, 6.07) is 9.43. The number of rotatable bonds is 8. The van der Waals surface area contributed by atoms with Crippen molar-refractivity contribution in [1.82, 2.24) is 4.90 Å². The lowest BCUT2D eigenvalue weighted by molar-refractivity contribution is -0.143. The Balaban J connectivity index is 2.91. The van der Waals surface area contributed by atoms with Crippen LogP contribution in [-0.4, -0.2) is 43.5 Å². The molecule has 116 valence electrons. The van der Waals surface area contributed by atoms with Gasteiger partial charge in [0.25, 0.3) is 0 Å². The number of nitrogens with zero attached hydrogens (tertiary/aromatic N) is 1. The standard InChI is InChI=1S/C16H24N2O3/c1-12(2)9-18(11-15(17)19)10-14(16(20)21-3)13-7-5-4-6-8-13/h4-8,12,14H,9-11H2,1-3H3,(H2,17,19). The maximum absolute atomic E-state index is 12.1. The molecule has 0 fully saturated rings. The number of carbonyl (C=O) groups excluding carboxylic acids is 2. The first-order valence-corrected chi connectivity index (χ1v) is 7.07. The van der Waals surface area contributed by atoms with Crippen molar-refractivity contribution in [2.75, 3.05) is 26.7 Å². The Labute approximate surface area is 126 Å². The fourth-order valence-corrected chi connectivity index (χ4v) is 2.34. The molecule has 0 aliphatic rings. The lowest BCUT2D eigenvalue weighted by atomic mass is 9.98. The molecule has 0 spiro atoms. The molecule has 0 aromatic heterocycles. The molecule has 0 bridgehead atoms. The number of benzene rings is 1. The average molecular weight is 292 g/mol. The fraction of sp³-hybridized carbons (Fsp3) is 0.500. The summed E-state index contributed by atoms with van der Waals surface area (Å²) in [5.74, 6) is -0.750. The normalized spacial score (nSPS) is 12.4. The van der Waals surface area contributed by atoms with E-state index in [1.54, 1.807) is 0 Å². The van der Waals surface area contributed by atoms with Crippen LogP contribution in [0.4, 0.5) is 0 Å². The number of nitrogens with two attached hydrogens (primary N) is 1. The highest BCUT2D eigenvalue weighted by Crippen LogP contribution is 2.19. The molecule has 1 rings (SSSR count). The largest absolute Gasteiger partial charge is 0.469 e. The van der Waals surface area contributed by atoms with Gasteiger partial charge in [-0.1, -0.05) is 44.2 Å². The molecule has 5 nitrogen and oxygen atoms in total. The third-order valence-corrected chi connectivity index (χ3v) is 3.13. The van der Waals surface area contributed by atoms with E-state index in [4.69, 9.17) is 10.5 Å². The van der Waals surface area contributed by atoms with Gasteiger partial charge < -0.3 is 10.5 Å². The average Bonchev–Trinajstić information content (AvgIpc) is 2.43. The molecular formula is C16H24N2O3. The summed E-state index contributed by atoms with van der Waals surface area (Å²) in [7, 11) is 1.37. The van der Waals surface area contributed by atoms with E-state index < -0.39 is 11.8 Å². The van der Waals surface area contributed by atoms with Crippen LogP contribution < -0.4 is 5.73 Å². The number of carbonyl (C=O) groups is 2. The number of ether oxygens (including phenoxy) is 1. The second-order valence-corrected chi connectivity index (χ2v) is 5.54. The van der Waals surface area contributed by atoms with E-state index in [0.717, 1.165) is 5.56 Å². The van der Waals surface area contributed by atoms with Crippen molar-refractivity contribution in [3.05, 3.63) is 35.9 Å². The van der Waals surface area contributed by atoms with Crippen LogP contribution in [0.3, 0.4) is 0 Å². The highest BCUT2D eigenvalue weighted by molar-refractivity contribution is 5.79. The van der Waals surface area contributed by atoms with Crippen molar-refractivity contribution in [3.63, 3.8) is 0 Å². The molecule has 1 aromatic carbocycles. The SMILES string of the molecule is COC(=O)C(CN(CC(N)=O)CC(C)C)c1ccccc1. The van der Waals surface area contributed by atoms with Gasteiger partial charge in [0.2, 0.25) is 5.91 Å². The fourth-order valence-electron chi connectivity index (χ4n) is 2.34. The predicted octanol–water partition coefficient (Wildman–Crippen LogP) is 1.39. The molecule has 21 heavy (non-hydrogen) atoms. The van der Waals surface area contributed by atoms with Crippen LogP contribution in [0.1, 0.15) is 25.3 Å². The first kappa shape index (κ1) is 17.2. The number of hydrogen-bond acceptors (Lipinski definition) is 4. The van der Waals surface area contributed by atoms with Gasteiger partial charge in [0.15, 0.2) is 0 Å². The summed E-state index contributed by atoms with van der Waals surface area (Å²) in [4.78, 5) is 25.2. The number of hydrogen-bond donors (Lipinski definition) is 1. The second-order valence-electron chi connectivity index (χ2n) is 5.54.